The fourth-order valence-electron chi connectivity index (χ4n) is 1.63. The van der Waals surface area contributed by atoms with E-state index in [0.717, 1.165) is 5.56 Å². The Morgan fingerprint density at radius 3 is 2.67 bits per heavy atom. The molecular weight excluding hydrogens is 228 g/mol. The smallest absolute Gasteiger partial charge is 0.251 e. The van der Waals surface area contributed by atoms with E-state index >= 15 is 0 Å². The number of carbonyl (C=O) groups is 1. The van der Waals surface area contributed by atoms with Crippen LogP contribution in [0.1, 0.15) is 36.2 Å². The number of aliphatic hydroxyl groups is 1. The highest BCUT2D eigenvalue weighted by Crippen LogP contribution is 2.18. The zero-order valence-electron chi connectivity index (χ0n) is 11.3. The Hall–Kier alpha value is -1.55. The van der Waals surface area contributed by atoms with Crippen LogP contribution in [0.25, 0.3) is 0 Å². The van der Waals surface area contributed by atoms with Gasteiger partial charge in [-0.15, -0.1) is 0 Å². The van der Waals surface area contributed by atoms with Gasteiger partial charge in [0.05, 0.1) is 0 Å². The quantitative estimate of drug-likeness (QED) is 0.696. The molecule has 0 aromatic heterocycles. The van der Waals surface area contributed by atoms with Gasteiger partial charge in [0.25, 0.3) is 5.91 Å². The molecule has 0 saturated heterocycles. The average Bonchev–Trinajstić information content (AvgIpc) is 2.30. The van der Waals surface area contributed by atoms with Crippen molar-refractivity contribution in [2.24, 2.45) is 5.41 Å². The highest BCUT2D eigenvalue weighted by atomic mass is 16.3. The molecule has 0 radical (unpaired) electrons. The summed E-state index contributed by atoms with van der Waals surface area (Å²) in [4.78, 5) is 11.9. The lowest BCUT2D eigenvalue weighted by Gasteiger charge is -2.23. The summed E-state index contributed by atoms with van der Waals surface area (Å²) >= 11 is 0. The minimum absolute atomic E-state index is 0.104. The number of nitrogens with one attached hydrogen (secondary N) is 1. The van der Waals surface area contributed by atoms with Crippen LogP contribution >= 0.6 is 0 Å². The third kappa shape index (κ3) is 4.04. The van der Waals surface area contributed by atoms with Gasteiger partial charge in [-0.1, -0.05) is 13.8 Å². The molecule has 1 amide bonds. The maximum Gasteiger partial charge on any atom is 0.251 e. The fourth-order valence-corrected chi connectivity index (χ4v) is 1.63. The lowest BCUT2D eigenvalue weighted by atomic mass is 9.89. The molecule has 0 aliphatic heterocycles. The fraction of sp³-hybridized carbons (Fsp3) is 0.500. The molecular formula is C14H22N2O2. The number of anilines is 1. The first kappa shape index (κ1) is 14.5. The normalized spacial score (nSPS) is 11.3. The molecule has 4 N–H and O–H groups in total. The van der Waals surface area contributed by atoms with Gasteiger partial charge in [-0.25, -0.2) is 0 Å². The van der Waals surface area contributed by atoms with Crippen molar-refractivity contribution >= 4 is 11.6 Å². The molecule has 18 heavy (non-hydrogen) atoms. The molecule has 1 aromatic rings. The van der Waals surface area contributed by atoms with Crippen molar-refractivity contribution in [1.82, 2.24) is 5.32 Å². The number of aliphatic hydroxyl groups excluding tert-OH is 1. The van der Waals surface area contributed by atoms with Gasteiger partial charge < -0.3 is 16.2 Å². The molecule has 0 fully saturated rings. The summed E-state index contributed by atoms with van der Waals surface area (Å²) in [5.41, 5.74) is 7.81. The minimum atomic E-state index is -0.107. The maximum absolute atomic E-state index is 11.9. The summed E-state index contributed by atoms with van der Waals surface area (Å²) in [6.45, 7) is 6.57. The van der Waals surface area contributed by atoms with E-state index in [1.165, 1.54) is 0 Å². The lowest BCUT2D eigenvalue weighted by molar-refractivity contribution is 0.0928. The first-order valence-electron chi connectivity index (χ1n) is 6.11. The topological polar surface area (TPSA) is 75.3 Å². The summed E-state index contributed by atoms with van der Waals surface area (Å²) in [5.74, 6) is -0.107. The van der Waals surface area contributed by atoms with Crippen molar-refractivity contribution in [2.45, 2.75) is 27.2 Å². The van der Waals surface area contributed by atoms with Crippen LogP contribution in [0.5, 0.6) is 0 Å². The number of nitrogen functional groups attached to an aromatic ring is 1. The zero-order chi connectivity index (χ0) is 13.8. The van der Waals surface area contributed by atoms with Gasteiger partial charge in [-0.3, -0.25) is 4.79 Å². The van der Waals surface area contributed by atoms with Crippen LogP contribution in [0.15, 0.2) is 18.2 Å². The highest BCUT2D eigenvalue weighted by molar-refractivity contribution is 5.94. The molecule has 0 heterocycles. The Bertz CT molecular complexity index is 428. The first-order valence-corrected chi connectivity index (χ1v) is 6.11. The van der Waals surface area contributed by atoms with Crippen molar-refractivity contribution in [2.75, 3.05) is 18.9 Å². The Morgan fingerprint density at radius 1 is 1.44 bits per heavy atom. The van der Waals surface area contributed by atoms with Gasteiger partial charge in [0.1, 0.15) is 0 Å². The van der Waals surface area contributed by atoms with E-state index in [0.29, 0.717) is 24.2 Å². The van der Waals surface area contributed by atoms with E-state index in [1.54, 1.807) is 18.2 Å². The number of rotatable bonds is 5. The molecule has 0 atom stereocenters. The molecule has 1 rings (SSSR count). The van der Waals surface area contributed by atoms with Crippen molar-refractivity contribution in [3.05, 3.63) is 29.3 Å². The number of aryl methyl sites for hydroxylation is 1. The SMILES string of the molecule is Cc1cc(C(=O)NCC(C)(C)CCO)ccc1N. The van der Waals surface area contributed by atoms with Crippen LogP contribution in [-0.2, 0) is 0 Å². The zero-order valence-corrected chi connectivity index (χ0v) is 11.3. The van der Waals surface area contributed by atoms with Crippen LogP contribution < -0.4 is 11.1 Å². The number of hydrogen-bond donors (Lipinski definition) is 3. The number of benzene rings is 1. The number of carbonyl (C=O) groups excluding carboxylic acids is 1. The van der Waals surface area contributed by atoms with Gasteiger partial charge in [0, 0.05) is 24.4 Å². The summed E-state index contributed by atoms with van der Waals surface area (Å²) in [6, 6.07) is 5.24. The number of amides is 1. The van der Waals surface area contributed by atoms with Crippen LogP contribution in [0.2, 0.25) is 0 Å². The van der Waals surface area contributed by atoms with Gasteiger partial charge in [-0.05, 0) is 42.5 Å². The predicted molar refractivity (Wildman–Crippen MR) is 73.4 cm³/mol. The number of hydrogen-bond acceptors (Lipinski definition) is 3. The molecule has 0 aliphatic rings. The molecule has 4 heteroatoms. The van der Waals surface area contributed by atoms with Gasteiger partial charge >= 0.3 is 0 Å². The lowest BCUT2D eigenvalue weighted by Crippen LogP contribution is -2.34. The van der Waals surface area contributed by atoms with Crippen LogP contribution in [0.4, 0.5) is 5.69 Å². The third-order valence-corrected chi connectivity index (χ3v) is 3.05. The average molecular weight is 250 g/mol. The van der Waals surface area contributed by atoms with Crippen LogP contribution in [-0.4, -0.2) is 24.2 Å². The molecule has 0 spiro atoms. The molecule has 4 nitrogen and oxygen atoms in total. The first-order chi connectivity index (χ1) is 8.35. The van der Waals surface area contributed by atoms with Crippen molar-refractivity contribution < 1.29 is 9.90 Å². The van der Waals surface area contributed by atoms with Crippen LogP contribution in [0.3, 0.4) is 0 Å². The Labute approximate surface area is 108 Å². The van der Waals surface area contributed by atoms with Gasteiger partial charge in [-0.2, -0.15) is 0 Å². The summed E-state index contributed by atoms with van der Waals surface area (Å²) in [6.07, 6.45) is 0.661. The van der Waals surface area contributed by atoms with Crippen molar-refractivity contribution in [3.8, 4) is 0 Å². The second-order valence-corrected chi connectivity index (χ2v) is 5.39. The Morgan fingerprint density at radius 2 is 2.11 bits per heavy atom. The largest absolute Gasteiger partial charge is 0.399 e. The van der Waals surface area contributed by atoms with E-state index in [1.807, 2.05) is 20.8 Å². The molecule has 100 valence electrons. The predicted octanol–water partition coefficient (Wildman–Crippen LogP) is 1.72. The van der Waals surface area contributed by atoms with E-state index in [2.05, 4.69) is 5.32 Å². The molecule has 0 bridgehead atoms. The van der Waals surface area contributed by atoms with Gasteiger partial charge in [0.15, 0.2) is 0 Å². The van der Waals surface area contributed by atoms with E-state index in [-0.39, 0.29) is 17.9 Å². The molecule has 0 aliphatic carbocycles. The van der Waals surface area contributed by atoms with E-state index < -0.39 is 0 Å². The summed E-state index contributed by atoms with van der Waals surface area (Å²) < 4.78 is 0. The molecule has 0 saturated carbocycles. The third-order valence-electron chi connectivity index (χ3n) is 3.05. The second-order valence-electron chi connectivity index (χ2n) is 5.39. The Balaban J connectivity index is 2.63. The standard InChI is InChI=1S/C14H22N2O2/c1-10-8-11(4-5-12(10)15)13(18)16-9-14(2,3)6-7-17/h4-5,8,17H,6-7,9,15H2,1-3H3,(H,16,18). The Kier molecular flexibility index (Phi) is 4.73. The molecule has 1 aromatic carbocycles. The van der Waals surface area contributed by atoms with E-state index in [9.17, 15) is 4.79 Å². The number of nitrogens with two attached hydrogens (primary N) is 1. The second kappa shape index (κ2) is 5.87. The van der Waals surface area contributed by atoms with Crippen molar-refractivity contribution in [3.63, 3.8) is 0 Å². The minimum Gasteiger partial charge on any atom is -0.399 e. The maximum atomic E-state index is 11.9. The monoisotopic (exact) mass is 250 g/mol. The highest BCUT2D eigenvalue weighted by Gasteiger charge is 2.18. The van der Waals surface area contributed by atoms with Crippen molar-refractivity contribution in [1.29, 1.82) is 0 Å². The summed E-state index contributed by atoms with van der Waals surface area (Å²) in [5, 5.41) is 11.8. The summed E-state index contributed by atoms with van der Waals surface area (Å²) in [7, 11) is 0. The molecule has 0 unspecified atom stereocenters. The van der Waals surface area contributed by atoms with Gasteiger partial charge in [0.2, 0.25) is 0 Å². The van der Waals surface area contributed by atoms with E-state index in [4.69, 9.17) is 10.8 Å². The van der Waals surface area contributed by atoms with Crippen LogP contribution in [0, 0.1) is 12.3 Å².